The summed E-state index contributed by atoms with van der Waals surface area (Å²) in [4.78, 5) is 10.4. The van der Waals surface area contributed by atoms with Crippen LogP contribution in [0.3, 0.4) is 0 Å². The Morgan fingerprint density at radius 2 is 1.51 bits per heavy atom. The highest BCUT2D eigenvalue weighted by molar-refractivity contribution is 6.32. The Morgan fingerprint density at radius 1 is 0.771 bits per heavy atom. The van der Waals surface area contributed by atoms with E-state index in [0.29, 0.717) is 0 Å². The van der Waals surface area contributed by atoms with Crippen molar-refractivity contribution in [3.05, 3.63) is 47.5 Å². The molecule has 0 atom stereocenters. The Bertz CT molecular complexity index is 1320. The molecule has 2 aliphatic rings. The monoisotopic (exact) mass is 489 g/mol. The Kier molecular flexibility index (Phi) is 6.82. The molecule has 0 aliphatic carbocycles. The molecule has 1 N–H and O–H groups in total. The average molecular weight is 490 g/mol. The number of nitrogens with zero attached hydrogens (tertiary/aromatic N) is 4. The normalized spacial score (nSPS) is 17.7. The predicted molar refractivity (Wildman–Crippen MR) is 149 cm³/mol. The van der Waals surface area contributed by atoms with E-state index in [1.807, 2.05) is 6.07 Å². The number of benzene rings is 2. The van der Waals surface area contributed by atoms with Crippen molar-refractivity contribution in [3.63, 3.8) is 0 Å². The molecule has 4 heterocycles. The van der Waals surface area contributed by atoms with Crippen molar-refractivity contribution in [2.24, 2.45) is 0 Å². The highest BCUT2D eigenvalue weighted by Gasteiger charge is 2.17. The van der Waals surface area contributed by atoms with E-state index in [1.165, 1.54) is 81.2 Å². The van der Waals surface area contributed by atoms with Gasteiger partial charge in [0.1, 0.15) is 0 Å². The van der Waals surface area contributed by atoms with Gasteiger partial charge in [-0.15, -0.1) is 0 Å². The van der Waals surface area contributed by atoms with Crippen molar-refractivity contribution >= 4 is 50.1 Å². The lowest BCUT2D eigenvalue weighted by Gasteiger charge is -2.26. The van der Waals surface area contributed by atoms with Crippen molar-refractivity contribution in [2.75, 3.05) is 51.1 Å². The quantitative estimate of drug-likeness (QED) is 0.291. The Hall–Kier alpha value is -2.34. The second kappa shape index (κ2) is 10.3. The average Bonchev–Trinajstić information content (AvgIpc) is 3.51. The summed E-state index contributed by atoms with van der Waals surface area (Å²) in [5.74, 6) is 0. The number of para-hydroxylation sites is 1. The zero-order chi connectivity index (χ0) is 23.6. The van der Waals surface area contributed by atoms with Gasteiger partial charge < -0.3 is 19.7 Å². The summed E-state index contributed by atoms with van der Waals surface area (Å²) in [7, 11) is 0. The van der Waals surface area contributed by atoms with Crippen LogP contribution in [0.1, 0.15) is 38.5 Å². The van der Waals surface area contributed by atoms with Crippen LogP contribution in [0, 0.1) is 0 Å². The number of piperidine rings is 1. The molecule has 35 heavy (non-hydrogen) atoms. The van der Waals surface area contributed by atoms with E-state index in [2.05, 4.69) is 56.1 Å². The summed E-state index contributed by atoms with van der Waals surface area (Å²) >= 11 is 6.56. The fourth-order valence-electron chi connectivity index (χ4n) is 6.02. The van der Waals surface area contributed by atoms with Gasteiger partial charge in [0.05, 0.1) is 22.1 Å². The molecule has 0 bridgehead atoms. The third-order valence-electron chi connectivity index (χ3n) is 7.87. The maximum Gasteiger partial charge on any atom is 0.0967 e. The molecule has 6 heteroatoms. The first-order valence-electron chi connectivity index (χ1n) is 13.5. The summed E-state index contributed by atoms with van der Waals surface area (Å²) in [5.41, 5.74) is 5.62. The zero-order valence-electron chi connectivity index (χ0n) is 20.6. The van der Waals surface area contributed by atoms with E-state index in [4.69, 9.17) is 16.6 Å². The van der Waals surface area contributed by atoms with Gasteiger partial charge in [0.25, 0.3) is 0 Å². The molecule has 2 saturated heterocycles. The summed E-state index contributed by atoms with van der Waals surface area (Å²) in [5, 5.41) is 6.81. The van der Waals surface area contributed by atoms with Crippen molar-refractivity contribution in [2.45, 2.75) is 45.1 Å². The van der Waals surface area contributed by atoms with Crippen molar-refractivity contribution < 1.29 is 0 Å². The number of anilines is 1. The van der Waals surface area contributed by atoms with Gasteiger partial charge in [-0.05, 0) is 89.1 Å². The molecule has 4 aromatic rings. The number of nitrogens with one attached hydrogen (secondary N) is 1. The van der Waals surface area contributed by atoms with Gasteiger partial charge in [0, 0.05) is 41.1 Å². The van der Waals surface area contributed by atoms with E-state index >= 15 is 0 Å². The lowest BCUT2D eigenvalue weighted by molar-refractivity contribution is 0.228. The van der Waals surface area contributed by atoms with Gasteiger partial charge >= 0.3 is 0 Å². The van der Waals surface area contributed by atoms with Crippen molar-refractivity contribution in [1.29, 1.82) is 0 Å². The summed E-state index contributed by atoms with van der Waals surface area (Å²) in [6, 6.07) is 15.1. The van der Waals surface area contributed by atoms with E-state index < -0.39 is 0 Å². The third kappa shape index (κ3) is 4.87. The first-order chi connectivity index (χ1) is 17.3. The highest BCUT2D eigenvalue weighted by Crippen LogP contribution is 2.34. The van der Waals surface area contributed by atoms with Gasteiger partial charge in [-0.3, -0.25) is 0 Å². The highest BCUT2D eigenvalue weighted by atomic mass is 35.5. The number of likely N-dealkylation sites (tertiary alicyclic amines) is 2. The standard InChI is InChI=1S/C29H36ClN5/c30-22-19-25(31-11-8-16-33-12-4-1-5-13-33)24-21-28-29(32-26(24)20-22)23-9-2-3-10-27(23)35(28)18-17-34-14-6-7-15-34/h2-3,9-10,19-21,31H,1,4-8,11-18H2. The summed E-state index contributed by atoms with van der Waals surface area (Å²) < 4.78 is 2.48. The second-order valence-electron chi connectivity index (χ2n) is 10.3. The van der Waals surface area contributed by atoms with Gasteiger partial charge in [0.2, 0.25) is 0 Å². The molecular formula is C29H36ClN5. The zero-order valence-corrected chi connectivity index (χ0v) is 21.4. The van der Waals surface area contributed by atoms with Gasteiger partial charge in [-0.2, -0.15) is 0 Å². The maximum atomic E-state index is 6.56. The van der Waals surface area contributed by atoms with Crippen LogP contribution < -0.4 is 5.32 Å². The molecule has 0 amide bonds. The topological polar surface area (TPSA) is 36.3 Å². The van der Waals surface area contributed by atoms with Gasteiger partial charge in [-0.25, -0.2) is 4.98 Å². The van der Waals surface area contributed by atoms with Crippen LogP contribution in [0.15, 0.2) is 42.5 Å². The van der Waals surface area contributed by atoms with E-state index in [0.717, 1.165) is 53.2 Å². The minimum Gasteiger partial charge on any atom is -0.384 e. The van der Waals surface area contributed by atoms with Crippen LogP contribution >= 0.6 is 11.6 Å². The molecule has 0 spiro atoms. The largest absolute Gasteiger partial charge is 0.384 e. The number of fused-ring (bicyclic) bond motifs is 4. The van der Waals surface area contributed by atoms with Crippen LogP contribution in [-0.2, 0) is 6.54 Å². The Labute approximate surface area is 213 Å². The molecule has 2 aromatic heterocycles. The minimum absolute atomic E-state index is 0.737. The van der Waals surface area contributed by atoms with E-state index in [9.17, 15) is 0 Å². The van der Waals surface area contributed by atoms with Crippen LogP contribution in [0.2, 0.25) is 5.02 Å². The van der Waals surface area contributed by atoms with Gasteiger partial charge in [0.15, 0.2) is 0 Å². The molecule has 184 valence electrons. The van der Waals surface area contributed by atoms with Gasteiger partial charge in [-0.1, -0.05) is 36.2 Å². The lowest BCUT2D eigenvalue weighted by Crippen LogP contribution is -2.31. The van der Waals surface area contributed by atoms with E-state index in [1.54, 1.807) is 0 Å². The summed E-state index contributed by atoms with van der Waals surface area (Å²) in [6.07, 6.45) is 7.87. The van der Waals surface area contributed by atoms with Crippen LogP contribution in [0.4, 0.5) is 5.69 Å². The molecule has 2 aliphatic heterocycles. The van der Waals surface area contributed by atoms with Crippen LogP contribution in [-0.4, -0.2) is 65.2 Å². The van der Waals surface area contributed by atoms with Crippen molar-refractivity contribution in [3.8, 4) is 0 Å². The number of halogens is 1. The Balaban J connectivity index is 1.32. The fraction of sp³-hybridized carbons (Fsp3) is 0.483. The third-order valence-corrected chi connectivity index (χ3v) is 8.09. The lowest BCUT2D eigenvalue weighted by atomic mass is 10.1. The first-order valence-corrected chi connectivity index (χ1v) is 13.8. The molecule has 0 saturated carbocycles. The SMILES string of the molecule is Clc1cc(NCCCN2CCCCC2)c2cc3c(nc2c1)c1ccccc1n3CCN1CCCC1. The molecule has 2 fully saturated rings. The minimum atomic E-state index is 0.737. The number of hydrogen-bond donors (Lipinski definition) is 1. The predicted octanol–water partition coefficient (Wildman–Crippen LogP) is 6.38. The molecular weight excluding hydrogens is 454 g/mol. The van der Waals surface area contributed by atoms with E-state index in [-0.39, 0.29) is 0 Å². The smallest absolute Gasteiger partial charge is 0.0967 e. The first kappa shape index (κ1) is 23.1. The van der Waals surface area contributed by atoms with Crippen LogP contribution in [0.25, 0.3) is 32.8 Å². The maximum absolute atomic E-state index is 6.56. The number of aromatic nitrogens is 2. The Morgan fingerprint density at radius 3 is 2.34 bits per heavy atom. The molecule has 5 nitrogen and oxygen atoms in total. The van der Waals surface area contributed by atoms with Crippen molar-refractivity contribution in [1.82, 2.24) is 19.4 Å². The molecule has 0 unspecified atom stereocenters. The molecule has 2 aromatic carbocycles. The van der Waals surface area contributed by atoms with Crippen LogP contribution in [0.5, 0.6) is 0 Å². The fourth-order valence-corrected chi connectivity index (χ4v) is 6.23. The molecule has 6 rings (SSSR count). The second-order valence-corrected chi connectivity index (χ2v) is 10.7. The number of rotatable bonds is 8. The molecule has 0 radical (unpaired) electrons. The summed E-state index contributed by atoms with van der Waals surface area (Å²) in [6.45, 7) is 9.15. The number of pyridine rings is 1. The number of hydrogen-bond acceptors (Lipinski definition) is 4.